The van der Waals surface area contributed by atoms with E-state index in [1.54, 1.807) is 0 Å². The van der Waals surface area contributed by atoms with Crippen molar-refractivity contribution in [3.63, 3.8) is 0 Å². The first kappa shape index (κ1) is 5.69. The fourth-order valence-corrected chi connectivity index (χ4v) is 2.10. The Labute approximate surface area is 56.0 Å². The maximum absolute atomic E-state index is 3.32. The first-order valence-electron chi connectivity index (χ1n) is 3.66. The topological polar surface area (TPSA) is 24.1 Å². The second kappa shape index (κ2) is 1.32. The Kier molecular flexibility index (Phi) is 0.837. The van der Waals surface area contributed by atoms with E-state index in [9.17, 15) is 0 Å². The first-order chi connectivity index (χ1) is 4.12. The van der Waals surface area contributed by atoms with Gasteiger partial charge in [-0.3, -0.25) is 10.9 Å². The van der Waals surface area contributed by atoms with Crippen LogP contribution in [0.4, 0.5) is 0 Å². The third-order valence-electron chi connectivity index (χ3n) is 2.67. The van der Waals surface area contributed by atoms with E-state index in [1.165, 1.54) is 19.3 Å². The number of hydrazine groups is 1. The molecule has 2 nitrogen and oxygen atoms in total. The van der Waals surface area contributed by atoms with Crippen molar-refractivity contribution in [2.24, 2.45) is 0 Å². The molecular formula is C7H14N2. The summed E-state index contributed by atoms with van der Waals surface area (Å²) in [4.78, 5) is 0. The molecule has 2 unspecified atom stereocenters. The van der Waals surface area contributed by atoms with E-state index in [0.29, 0.717) is 11.1 Å². The third-order valence-corrected chi connectivity index (χ3v) is 2.67. The molecule has 1 saturated heterocycles. The average Bonchev–Trinajstić information content (AvgIpc) is 2.19. The molecule has 0 aromatic carbocycles. The molecule has 0 aromatic heterocycles. The summed E-state index contributed by atoms with van der Waals surface area (Å²) in [6, 6.07) is 0. The summed E-state index contributed by atoms with van der Waals surface area (Å²) < 4.78 is 0. The molecule has 52 valence electrons. The molecule has 1 saturated carbocycles. The van der Waals surface area contributed by atoms with Crippen LogP contribution < -0.4 is 10.9 Å². The van der Waals surface area contributed by atoms with Crippen LogP contribution in [0.2, 0.25) is 0 Å². The number of nitrogens with one attached hydrogen (secondary N) is 2. The van der Waals surface area contributed by atoms with Gasteiger partial charge in [-0.05, 0) is 33.1 Å². The number of rotatable bonds is 0. The molecule has 2 atom stereocenters. The molecule has 0 spiro atoms. The number of hydrogen-bond acceptors (Lipinski definition) is 2. The summed E-state index contributed by atoms with van der Waals surface area (Å²) in [5.41, 5.74) is 7.47. The van der Waals surface area contributed by atoms with Crippen LogP contribution in [-0.2, 0) is 0 Å². The van der Waals surface area contributed by atoms with Crippen LogP contribution in [0, 0.1) is 0 Å². The van der Waals surface area contributed by atoms with Crippen molar-refractivity contribution in [1.82, 2.24) is 10.9 Å². The Morgan fingerprint density at radius 3 is 1.56 bits per heavy atom. The van der Waals surface area contributed by atoms with Gasteiger partial charge in [-0.15, -0.1) is 0 Å². The van der Waals surface area contributed by atoms with Crippen molar-refractivity contribution >= 4 is 0 Å². The summed E-state index contributed by atoms with van der Waals surface area (Å²) in [6.07, 6.45) is 3.95. The monoisotopic (exact) mass is 126 g/mol. The molecule has 1 aliphatic carbocycles. The molecule has 2 aliphatic rings. The van der Waals surface area contributed by atoms with Gasteiger partial charge in [-0.1, -0.05) is 0 Å². The van der Waals surface area contributed by atoms with Crippen LogP contribution in [0.15, 0.2) is 0 Å². The minimum Gasteiger partial charge on any atom is -0.251 e. The van der Waals surface area contributed by atoms with Gasteiger partial charge in [-0.25, -0.2) is 0 Å². The van der Waals surface area contributed by atoms with Crippen LogP contribution in [0.25, 0.3) is 0 Å². The Balaban J connectivity index is 2.25. The average molecular weight is 126 g/mol. The highest BCUT2D eigenvalue weighted by Gasteiger charge is 2.48. The van der Waals surface area contributed by atoms with E-state index < -0.39 is 0 Å². The van der Waals surface area contributed by atoms with Gasteiger partial charge < -0.3 is 0 Å². The zero-order valence-corrected chi connectivity index (χ0v) is 6.12. The lowest BCUT2D eigenvalue weighted by molar-refractivity contribution is 0.301. The van der Waals surface area contributed by atoms with Crippen molar-refractivity contribution in [3.05, 3.63) is 0 Å². The molecule has 0 amide bonds. The van der Waals surface area contributed by atoms with Gasteiger partial charge in [0.15, 0.2) is 0 Å². The van der Waals surface area contributed by atoms with Gasteiger partial charge in [0.05, 0.1) is 0 Å². The smallest absolute Gasteiger partial charge is 0.0314 e. The van der Waals surface area contributed by atoms with Crippen molar-refractivity contribution in [3.8, 4) is 0 Å². The van der Waals surface area contributed by atoms with E-state index in [0.717, 1.165) is 0 Å². The molecule has 2 heteroatoms. The standard InChI is InChI=1S/C7H14N2/c1-6-3-4-7(2,5-6)9-8-6/h8-9H,3-5H2,1-2H3. The van der Waals surface area contributed by atoms with Crippen molar-refractivity contribution in [2.45, 2.75) is 44.2 Å². The zero-order chi connectivity index (χ0) is 6.54. The SMILES string of the molecule is CC12CCC(C)(C1)NN2. The van der Waals surface area contributed by atoms with Crippen molar-refractivity contribution in [2.75, 3.05) is 0 Å². The van der Waals surface area contributed by atoms with Gasteiger partial charge in [-0.2, -0.15) is 0 Å². The largest absolute Gasteiger partial charge is 0.251 e. The molecule has 1 aliphatic heterocycles. The number of hydrogen-bond donors (Lipinski definition) is 2. The van der Waals surface area contributed by atoms with E-state index in [2.05, 4.69) is 24.7 Å². The molecule has 2 bridgehead atoms. The van der Waals surface area contributed by atoms with Crippen LogP contribution >= 0.6 is 0 Å². The van der Waals surface area contributed by atoms with E-state index in [4.69, 9.17) is 0 Å². The van der Waals surface area contributed by atoms with E-state index >= 15 is 0 Å². The predicted molar refractivity (Wildman–Crippen MR) is 36.9 cm³/mol. The highest BCUT2D eigenvalue weighted by atomic mass is 15.5. The lowest BCUT2D eigenvalue weighted by Gasteiger charge is -2.25. The molecule has 0 radical (unpaired) electrons. The molecule has 0 aromatic rings. The molecule has 2 N–H and O–H groups in total. The highest BCUT2D eigenvalue weighted by Crippen LogP contribution is 2.40. The van der Waals surface area contributed by atoms with Gasteiger partial charge in [0, 0.05) is 11.1 Å². The minimum atomic E-state index is 0.411. The predicted octanol–water partition coefficient (Wildman–Crippen LogP) is 0.795. The van der Waals surface area contributed by atoms with E-state index in [1.807, 2.05) is 0 Å². The van der Waals surface area contributed by atoms with E-state index in [-0.39, 0.29) is 0 Å². The van der Waals surface area contributed by atoms with Gasteiger partial charge in [0.2, 0.25) is 0 Å². The summed E-state index contributed by atoms with van der Waals surface area (Å²) in [6.45, 7) is 4.58. The van der Waals surface area contributed by atoms with Gasteiger partial charge in [0.1, 0.15) is 0 Å². The zero-order valence-electron chi connectivity index (χ0n) is 6.12. The molecule has 2 rings (SSSR count). The highest BCUT2D eigenvalue weighted by molar-refractivity contribution is 5.07. The van der Waals surface area contributed by atoms with Crippen molar-refractivity contribution < 1.29 is 0 Å². The lowest BCUT2D eigenvalue weighted by atomic mass is 9.99. The quantitative estimate of drug-likeness (QED) is 0.501. The van der Waals surface area contributed by atoms with Gasteiger partial charge >= 0.3 is 0 Å². The first-order valence-corrected chi connectivity index (χ1v) is 3.66. The Morgan fingerprint density at radius 1 is 1.00 bits per heavy atom. The second-order valence-corrected chi connectivity index (χ2v) is 4.05. The fraction of sp³-hybridized carbons (Fsp3) is 1.00. The minimum absolute atomic E-state index is 0.411. The van der Waals surface area contributed by atoms with Crippen LogP contribution in [0.5, 0.6) is 0 Å². The van der Waals surface area contributed by atoms with Crippen molar-refractivity contribution in [1.29, 1.82) is 0 Å². The van der Waals surface area contributed by atoms with Crippen LogP contribution in [0.3, 0.4) is 0 Å². The van der Waals surface area contributed by atoms with Crippen LogP contribution in [0.1, 0.15) is 33.1 Å². The molecule has 9 heavy (non-hydrogen) atoms. The Hall–Kier alpha value is -0.0800. The molecule has 2 fully saturated rings. The maximum Gasteiger partial charge on any atom is 0.0314 e. The van der Waals surface area contributed by atoms with Gasteiger partial charge in [0.25, 0.3) is 0 Å². The number of fused-ring (bicyclic) bond motifs is 2. The summed E-state index contributed by atoms with van der Waals surface area (Å²) in [5.74, 6) is 0. The normalized spacial score (nSPS) is 56.7. The summed E-state index contributed by atoms with van der Waals surface area (Å²) in [5, 5.41) is 0. The summed E-state index contributed by atoms with van der Waals surface area (Å²) >= 11 is 0. The lowest BCUT2D eigenvalue weighted by Crippen LogP contribution is -2.49. The van der Waals surface area contributed by atoms with Crippen LogP contribution in [-0.4, -0.2) is 11.1 Å². The molecular weight excluding hydrogens is 112 g/mol. The Morgan fingerprint density at radius 2 is 1.44 bits per heavy atom. The Bertz CT molecular complexity index is 118. The third kappa shape index (κ3) is 0.700. The fourth-order valence-electron chi connectivity index (χ4n) is 2.10. The maximum atomic E-state index is 3.32. The second-order valence-electron chi connectivity index (χ2n) is 4.05. The summed E-state index contributed by atoms with van der Waals surface area (Å²) in [7, 11) is 0. The molecule has 1 heterocycles.